The number of benzene rings is 2. The molecule has 2 aromatic carbocycles. The van der Waals surface area contributed by atoms with Crippen molar-refractivity contribution in [2.24, 2.45) is 0 Å². The Morgan fingerprint density at radius 2 is 1.53 bits per heavy atom. The fourth-order valence-electron chi connectivity index (χ4n) is 4.39. The third-order valence-electron chi connectivity index (χ3n) is 7.11. The predicted molar refractivity (Wildman–Crippen MR) is 148 cm³/mol. The van der Waals surface area contributed by atoms with Crippen LogP contribution in [0.25, 0.3) is 22.9 Å². The fourth-order valence-corrected chi connectivity index (χ4v) is 4.39. The molecule has 0 unspecified atom stereocenters. The molecule has 1 saturated heterocycles. The number of halogens is 1. The summed E-state index contributed by atoms with van der Waals surface area (Å²) in [5.41, 5.74) is 4.73. The van der Waals surface area contributed by atoms with Crippen molar-refractivity contribution < 1.29 is 13.7 Å². The van der Waals surface area contributed by atoms with Crippen LogP contribution in [0.2, 0.25) is 0 Å². The second-order valence-electron chi connectivity index (χ2n) is 10.3. The minimum absolute atomic E-state index is 0.172. The maximum absolute atomic E-state index is 15.6. The van der Waals surface area contributed by atoms with Gasteiger partial charge in [0.2, 0.25) is 0 Å². The maximum Gasteiger partial charge on any atom is 0.490 e. The number of hydrogen-bond acceptors (Lipinski definition) is 3. The van der Waals surface area contributed by atoms with Crippen LogP contribution in [-0.2, 0) is 9.31 Å². The van der Waals surface area contributed by atoms with E-state index in [-0.39, 0.29) is 12.2 Å². The molecule has 0 atom stereocenters. The summed E-state index contributed by atoms with van der Waals surface area (Å²) in [4.78, 5) is 4.39. The molecule has 0 radical (unpaired) electrons. The van der Waals surface area contributed by atoms with Crippen molar-refractivity contribution in [1.82, 2.24) is 4.98 Å². The zero-order valence-corrected chi connectivity index (χ0v) is 21.9. The Kier molecular flexibility index (Phi) is 7.92. The van der Waals surface area contributed by atoms with E-state index in [4.69, 9.17) is 9.31 Å². The quantitative estimate of drug-likeness (QED) is 0.302. The second-order valence-corrected chi connectivity index (χ2v) is 10.3. The lowest BCUT2D eigenvalue weighted by Crippen LogP contribution is -2.41. The van der Waals surface area contributed by atoms with E-state index < -0.39 is 18.3 Å². The molecule has 0 spiro atoms. The van der Waals surface area contributed by atoms with Crippen LogP contribution < -0.4 is 0 Å². The average Bonchev–Trinajstić information content (AvgIpc) is 3.09. The summed E-state index contributed by atoms with van der Waals surface area (Å²) >= 11 is 0. The Bertz CT molecular complexity index is 1200. The van der Waals surface area contributed by atoms with Gasteiger partial charge in [0.05, 0.1) is 16.9 Å². The zero-order chi connectivity index (χ0) is 25.8. The molecule has 0 amide bonds. The van der Waals surface area contributed by atoms with Crippen LogP contribution in [0.4, 0.5) is 4.39 Å². The molecular formula is C31H35BFNO2. The molecular weight excluding hydrogens is 448 g/mol. The van der Waals surface area contributed by atoms with Crippen LogP contribution in [-0.4, -0.2) is 23.3 Å². The zero-order valence-electron chi connectivity index (χ0n) is 21.9. The maximum atomic E-state index is 15.6. The molecule has 5 heteroatoms. The van der Waals surface area contributed by atoms with Crippen molar-refractivity contribution in [3.8, 4) is 11.3 Å². The van der Waals surface area contributed by atoms with Crippen LogP contribution >= 0.6 is 0 Å². The smallest absolute Gasteiger partial charge is 0.400 e. The minimum atomic E-state index is -0.504. The van der Waals surface area contributed by atoms with E-state index in [0.717, 1.165) is 46.3 Å². The molecule has 1 aromatic heterocycles. The first-order valence-corrected chi connectivity index (χ1v) is 12.7. The molecule has 0 bridgehead atoms. The Balaban J connectivity index is 1.67. The summed E-state index contributed by atoms with van der Waals surface area (Å²) in [5, 5.41) is 0. The van der Waals surface area contributed by atoms with E-state index in [9.17, 15) is 0 Å². The molecule has 0 aliphatic carbocycles. The van der Waals surface area contributed by atoms with Crippen LogP contribution in [0.15, 0.2) is 90.3 Å². The molecule has 4 rings (SSSR count). The van der Waals surface area contributed by atoms with Gasteiger partial charge in [-0.3, -0.25) is 4.98 Å². The molecule has 3 nitrogen and oxygen atoms in total. The minimum Gasteiger partial charge on any atom is -0.400 e. The van der Waals surface area contributed by atoms with Crippen molar-refractivity contribution in [3.05, 3.63) is 101 Å². The number of hydrogen-bond donors (Lipinski definition) is 0. The Labute approximate surface area is 215 Å². The van der Waals surface area contributed by atoms with Crippen LogP contribution in [0.5, 0.6) is 0 Å². The van der Waals surface area contributed by atoms with Gasteiger partial charge in [-0.15, -0.1) is 0 Å². The largest absolute Gasteiger partial charge is 0.490 e. The average molecular weight is 483 g/mol. The second kappa shape index (κ2) is 10.9. The first kappa shape index (κ1) is 26.1. The molecule has 0 N–H and O–H groups in total. The van der Waals surface area contributed by atoms with Crippen LogP contribution in [0.1, 0.15) is 65.0 Å². The van der Waals surface area contributed by atoms with Crippen LogP contribution in [0, 0.1) is 0 Å². The van der Waals surface area contributed by atoms with Gasteiger partial charge in [-0.25, -0.2) is 4.39 Å². The topological polar surface area (TPSA) is 31.4 Å². The monoisotopic (exact) mass is 483 g/mol. The molecule has 1 fully saturated rings. The van der Waals surface area contributed by atoms with E-state index in [1.165, 1.54) is 0 Å². The lowest BCUT2D eigenvalue weighted by Gasteiger charge is -2.32. The first-order chi connectivity index (χ1) is 17.2. The summed E-state index contributed by atoms with van der Waals surface area (Å²) in [6.45, 7) is 10.3. The Hall–Kier alpha value is -3.02. The molecule has 36 heavy (non-hydrogen) atoms. The molecule has 186 valence electrons. The van der Waals surface area contributed by atoms with Gasteiger partial charge in [0, 0.05) is 18.2 Å². The highest BCUT2D eigenvalue weighted by atomic mass is 19.1. The lowest BCUT2D eigenvalue weighted by molar-refractivity contribution is 0.00578. The summed E-state index contributed by atoms with van der Waals surface area (Å²) in [6.07, 6.45) is 5.24. The van der Waals surface area contributed by atoms with E-state index in [0.29, 0.717) is 0 Å². The molecule has 1 aliphatic heterocycles. The van der Waals surface area contributed by atoms with Crippen molar-refractivity contribution in [1.29, 1.82) is 0 Å². The summed E-state index contributed by atoms with van der Waals surface area (Å²) < 4.78 is 28.4. The van der Waals surface area contributed by atoms with Gasteiger partial charge >= 0.3 is 7.12 Å². The number of aromatic nitrogens is 1. The SMILES string of the molecule is CCC/C(B1OC(C)(C)C(C)(C)O1)=C(/C/C(F)=C/c1ccc(-c2ccccn2)cc1)c1ccccc1. The van der Waals surface area contributed by atoms with Gasteiger partial charge in [-0.05, 0) is 74.5 Å². The van der Waals surface area contributed by atoms with Crippen molar-refractivity contribution in [2.45, 2.75) is 65.1 Å². The molecule has 1 aliphatic rings. The van der Waals surface area contributed by atoms with Gasteiger partial charge in [0.1, 0.15) is 5.83 Å². The van der Waals surface area contributed by atoms with E-state index in [1.807, 2.05) is 100 Å². The normalized spacial score (nSPS) is 17.7. The highest BCUT2D eigenvalue weighted by Crippen LogP contribution is 2.42. The van der Waals surface area contributed by atoms with E-state index >= 15 is 4.39 Å². The fraction of sp³-hybridized carbons (Fsp3) is 0.323. The lowest BCUT2D eigenvalue weighted by atomic mass is 9.70. The number of rotatable bonds is 8. The Morgan fingerprint density at radius 3 is 2.11 bits per heavy atom. The third kappa shape index (κ3) is 5.85. The molecule has 0 saturated carbocycles. The molecule has 2 heterocycles. The van der Waals surface area contributed by atoms with Crippen molar-refractivity contribution in [2.75, 3.05) is 0 Å². The standard InChI is InChI=1S/C31H35BFNO2/c1-6-12-28(32-35-30(2,3)31(4,5)36-32)27(24-13-8-7-9-14-24)22-26(33)21-23-16-18-25(19-17-23)29-15-10-11-20-34-29/h7-11,13-21H,6,12,22H2,1-5H3/b26-21-,28-27+. The first-order valence-electron chi connectivity index (χ1n) is 12.7. The Morgan fingerprint density at radius 1 is 0.889 bits per heavy atom. The van der Waals surface area contributed by atoms with Crippen molar-refractivity contribution in [3.63, 3.8) is 0 Å². The van der Waals surface area contributed by atoms with Crippen molar-refractivity contribution >= 4 is 18.8 Å². The third-order valence-corrected chi connectivity index (χ3v) is 7.11. The van der Waals surface area contributed by atoms with E-state index in [2.05, 4.69) is 11.9 Å². The van der Waals surface area contributed by atoms with Gasteiger partial charge in [-0.1, -0.05) is 74.0 Å². The van der Waals surface area contributed by atoms with Gasteiger partial charge in [0.25, 0.3) is 0 Å². The number of nitrogens with zero attached hydrogens (tertiary/aromatic N) is 1. The van der Waals surface area contributed by atoms with Gasteiger partial charge in [0.15, 0.2) is 0 Å². The van der Waals surface area contributed by atoms with Gasteiger partial charge < -0.3 is 9.31 Å². The molecule has 3 aromatic rings. The van der Waals surface area contributed by atoms with Gasteiger partial charge in [-0.2, -0.15) is 0 Å². The van der Waals surface area contributed by atoms with E-state index in [1.54, 1.807) is 12.3 Å². The summed E-state index contributed by atoms with van der Waals surface area (Å²) in [7, 11) is -0.504. The predicted octanol–water partition coefficient (Wildman–Crippen LogP) is 8.33. The van der Waals surface area contributed by atoms with Crippen LogP contribution in [0.3, 0.4) is 0 Å². The summed E-state index contributed by atoms with van der Waals surface area (Å²) in [5.74, 6) is -0.204. The summed E-state index contributed by atoms with van der Waals surface area (Å²) in [6, 6.07) is 23.6. The highest BCUT2D eigenvalue weighted by molar-refractivity contribution is 6.56. The number of allylic oxidation sites excluding steroid dienone is 3. The highest BCUT2D eigenvalue weighted by Gasteiger charge is 2.52. The number of pyridine rings is 1.